The van der Waals surface area contributed by atoms with E-state index in [2.05, 4.69) is 4.98 Å². The van der Waals surface area contributed by atoms with Crippen LogP contribution in [0.1, 0.15) is 16.2 Å². The quantitative estimate of drug-likeness (QED) is 0.685. The average Bonchev–Trinajstić information content (AvgIpc) is 2.88. The number of ether oxygens (including phenoxy) is 1. The number of aromatic nitrogens is 1. The molecular weight excluding hydrogens is 290 g/mol. The molecule has 0 aliphatic heterocycles. The van der Waals surface area contributed by atoms with Gasteiger partial charge in [0.25, 0.3) is 0 Å². The van der Waals surface area contributed by atoms with Gasteiger partial charge in [-0.2, -0.15) is 0 Å². The van der Waals surface area contributed by atoms with Crippen LogP contribution < -0.4 is 4.74 Å². The molecule has 0 aliphatic carbocycles. The summed E-state index contributed by atoms with van der Waals surface area (Å²) < 4.78 is 10.7. The second kappa shape index (κ2) is 5.58. The molecule has 0 spiro atoms. The Labute approximate surface area is 126 Å². The Hall–Kier alpha value is -2.33. The number of hydrogen-bond donors (Lipinski definition) is 0. The third-order valence-electron chi connectivity index (χ3n) is 3.11. The SMILES string of the molecule is COc1cc(Cl)ccc1C(=O)Cc1nc2ccccc2o1. The van der Waals surface area contributed by atoms with Gasteiger partial charge in [-0.3, -0.25) is 4.79 Å². The number of hydrogen-bond acceptors (Lipinski definition) is 4. The lowest BCUT2D eigenvalue weighted by molar-refractivity contribution is 0.0983. The number of nitrogens with zero attached hydrogens (tertiary/aromatic N) is 1. The van der Waals surface area contributed by atoms with E-state index in [-0.39, 0.29) is 12.2 Å². The molecule has 2 aromatic carbocycles. The Morgan fingerprint density at radius 1 is 1.29 bits per heavy atom. The van der Waals surface area contributed by atoms with Gasteiger partial charge in [-0.1, -0.05) is 23.7 Å². The van der Waals surface area contributed by atoms with Crippen molar-refractivity contribution in [3.05, 3.63) is 58.9 Å². The number of carbonyl (C=O) groups is 1. The number of carbonyl (C=O) groups excluding carboxylic acids is 1. The van der Waals surface area contributed by atoms with Crippen molar-refractivity contribution in [3.63, 3.8) is 0 Å². The number of halogens is 1. The number of ketones is 1. The van der Waals surface area contributed by atoms with Crippen molar-refractivity contribution in [1.29, 1.82) is 0 Å². The summed E-state index contributed by atoms with van der Waals surface area (Å²) in [6.45, 7) is 0. The van der Waals surface area contributed by atoms with Gasteiger partial charge in [0.2, 0.25) is 5.89 Å². The highest BCUT2D eigenvalue weighted by molar-refractivity contribution is 6.30. The lowest BCUT2D eigenvalue weighted by Gasteiger charge is -2.06. The summed E-state index contributed by atoms with van der Waals surface area (Å²) in [5, 5.41) is 0.519. The minimum absolute atomic E-state index is 0.0761. The van der Waals surface area contributed by atoms with Gasteiger partial charge in [0, 0.05) is 5.02 Å². The van der Waals surface area contributed by atoms with Crippen LogP contribution in [-0.2, 0) is 6.42 Å². The summed E-state index contributed by atoms with van der Waals surface area (Å²) >= 11 is 5.89. The molecule has 0 atom stereocenters. The van der Waals surface area contributed by atoms with Crippen molar-refractivity contribution in [2.24, 2.45) is 0 Å². The van der Waals surface area contributed by atoms with Crippen molar-refractivity contribution in [3.8, 4) is 5.75 Å². The molecule has 0 saturated heterocycles. The molecule has 0 aliphatic rings. The lowest BCUT2D eigenvalue weighted by Crippen LogP contribution is -2.06. The minimum atomic E-state index is -0.130. The van der Waals surface area contributed by atoms with Gasteiger partial charge in [0.05, 0.1) is 19.1 Å². The third kappa shape index (κ3) is 2.76. The number of benzene rings is 2. The zero-order chi connectivity index (χ0) is 14.8. The van der Waals surface area contributed by atoms with Crippen molar-refractivity contribution in [2.45, 2.75) is 6.42 Å². The van der Waals surface area contributed by atoms with E-state index >= 15 is 0 Å². The molecule has 21 heavy (non-hydrogen) atoms. The molecule has 0 unspecified atom stereocenters. The number of fused-ring (bicyclic) bond motifs is 1. The van der Waals surface area contributed by atoms with Crippen molar-refractivity contribution in [2.75, 3.05) is 7.11 Å². The predicted octanol–water partition coefficient (Wildman–Crippen LogP) is 3.92. The monoisotopic (exact) mass is 301 g/mol. The number of para-hydroxylation sites is 2. The Kier molecular flexibility index (Phi) is 3.62. The Morgan fingerprint density at radius 2 is 2.10 bits per heavy atom. The van der Waals surface area contributed by atoms with Crippen molar-refractivity contribution < 1.29 is 13.9 Å². The summed E-state index contributed by atoms with van der Waals surface area (Å²) in [7, 11) is 1.50. The third-order valence-corrected chi connectivity index (χ3v) is 3.35. The molecule has 0 saturated carbocycles. The van der Waals surface area contributed by atoms with Crippen LogP contribution in [-0.4, -0.2) is 17.9 Å². The van der Waals surface area contributed by atoms with E-state index in [9.17, 15) is 4.79 Å². The van der Waals surface area contributed by atoms with Crippen LogP contribution in [0.4, 0.5) is 0 Å². The molecule has 106 valence electrons. The van der Waals surface area contributed by atoms with E-state index in [1.165, 1.54) is 7.11 Å². The minimum Gasteiger partial charge on any atom is -0.496 e. The zero-order valence-corrected chi connectivity index (χ0v) is 12.1. The van der Waals surface area contributed by atoms with E-state index in [1.54, 1.807) is 18.2 Å². The fourth-order valence-electron chi connectivity index (χ4n) is 2.12. The van der Waals surface area contributed by atoms with Crippen molar-refractivity contribution in [1.82, 2.24) is 4.98 Å². The van der Waals surface area contributed by atoms with Gasteiger partial charge >= 0.3 is 0 Å². The van der Waals surface area contributed by atoms with Crippen LogP contribution in [0.3, 0.4) is 0 Å². The standard InChI is InChI=1S/C16H12ClNO3/c1-20-15-8-10(17)6-7-11(15)13(19)9-16-18-12-4-2-3-5-14(12)21-16/h2-8H,9H2,1H3. The molecule has 0 fully saturated rings. The van der Waals surface area contributed by atoms with Gasteiger partial charge in [-0.15, -0.1) is 0 Å². The van der Waals surface area contributed by atoms with E-state index in [4.69, 9.17) is 20.8 Å². The molecule has 3 rings (SSSR count). The number of rotatable bonds is 4. The smallest absolute Gasteiger partial charge is 0.203 e. The average molecular weight is 302 g/mol. The number of Topliss-reactive ketones (excluding diaryl/α,β-unsaturated/α-hetero) is 1. The first kappa shape index (κ1) is 13.6. The summed E-state index contributed by atoms with van der Waals surface area (Å²) in [4.78, 5) is 16.7. The van der Waals surface area contributed by atoms with E-state index in [0.717, 1.165) is 5.52 Å². The maximum Gasteiger partial charge on any atom is 0.203 e. The van der Waals surface area contributed by atoms with Crippen LogP contribution >= 0.6 is 11.6 Å². The highest BCUT2D eigenvalue weighted by atomic mass is 35.5. The van der Waals surface area contributed by atoms with Crippen LogP contribution in [0, 0.1) is 0 Å². The molecule has 0 N–H and O–H groups in total. The fourth-order valence-corrected chi connectivity index (χ4v) is 2.29. The largest absolute Gasteiger partial charge is 0.496 e. The maximum atomic E-state index is 12.4. The summed E-state index contributed by atoms with van der Waals surface area (Å²) in [5.74, 6) is 0.705. The Bertz CT molecular complexity index is 777. The van der Waals surface area contributed by atoms with Crippen LogP contribution in [0.5, 0.6) is 5.75 Å². The first-order valence-electron chi connectivity index (χ1n) is 6.38. The molecule has 0 bridgehead atoms. The van der Waals surface area contributed by atoms with Crippen LogP contribution in [0.15, 0.2) is 46.9 Å². The highest BCUT2D eigenvalue weighted by Gasteiger charge is 2.16. The normalized spacial score (nSPS) is 10.8. The van der Waals surface area contributed by atoms with Gasteiger partial charge in [0.1, 0.15) is 11.3 Å². The van der Waals surface area contributed by atoms with Gasteiger partial charge in [-0.05, 0) is 30.3 Å². The molecule has 5 heteroatoms. The second-order valence-electron chi connectivity index (χ2n) is 4.52. The lowest BCUT2D eigenvalue weighted by atomic mass is 10.1. The second-order valence-corrected chi connectivity index (χ2v) is 4.96. The highest BCUT2D eigenvalue weighted by Crippen LogP contribution is 2.25. The van der Waals surface area contributed by atoms with Crippen LogP contribution in [0.2, 0.25) is 5.02 Å². The number of methoxy groups -OCH3 is 1. The molecule has 3 aromatic rings. The maximum absolute atomic E-state index is 12.4. The van der Waals surface area contributed by atoms with Gasteiger partial charge in [-0.25, -0.2) is 4.98 Å². The zero-order valence-electron chi connectivity index (χ0n) is 11.3. The van der Waals surface area contributed by atoms with E-state index in [1.807, 2.05) is 24.3 Å². The number of oxazole rings is 1. The summed E-state index contributed by atoms with van der Waals surface area (Å²) in [6, 6.07) is 12.3. The Balaban J connectivity index is 1.89. The first-order chi connectivity index (χ1) is 10.2. The first-order valence-corrected chi connectivity index (χ1v) is 6.76. The Morgan fingerprint density at radius 3 is 2.86 bits per heavy atom. The molecule has 0 radical (unpaired) electrons. The van der Waals surface area contributed by atoms with Gasteiger partial charge < -0.3 is 9.15 Å². The molecular formula is C16H12ClNO3. The van der Waals surface area contributed by atoms with Crippen molar-refractivity contribution >= 4 is 28.5 Å². The summed E-state index contributed by atoms with van der Waals surface area (Å²) in [6.07, 6.45) is 0.0761. The topological polar surface area (TPSA) is 52.3 Å². The van der Waals surface area contributed by atoms with E-state index < -0.39 is 0 Å². The predicted molar refractivity (Wildman–Crippen MR) is 80.0 cm³/mol. The molecule has 1 aromatic heterocycles. The molecule has 4 nitrogen and oxygen atoms in total. The van der Waals surface area contributed by atoms with E-state index in [0.29, 0.717) is 27.8 Å². The summed E-state index contributed by atoms with van der Waals surface area (Å²) in [5.41, 5.74) is 1.87. The molecule has 1 heterocycles. The van der Waals surface area contributed by atoms with Gasteiger partial charge in [0.15, 0.2) is 11.4 Å². The van der Waals surface area contributed by atoms with Crippen LogP contribution in [0.25, 0.3) is 11.1 Å². The molecule has 0 amide bonds. The fraction of sp³-hybridized carbons (Fsp3) is 0.125.